The summed E-state index contributed by atoms with van der Waals surface area (Å²) in [7, 11) is 0. The summed E-state index contributed by atoms with van der Waals surface area (Å²) in [5.74, 6) is -3.58. The number of benzene rings is 3. The van der Waals surface area contributed by atoms with E-state index in [0.29, 0.717) is 5.56 Å². The summed E-state index contributed by atoms with van der Waals surface area (Å²) in [6, 6.07) is 13.5. The summed E-state index contributed by atoms with van der Waals surface area (Å²) < 4.78 is 62.8. The maximum absolute atomic E-state index is 14.6. The van der Waals surface area contributed by atoms with Crippen LogP contribution in [0.3, 0.4) is 0 Å². The van der Waals surface area contributed by atoms with E-state index in [2.05, 4.69) is 11.3 Å². The maximum atomic E-state index is 14.6. The molecule has 0 N–H and O–H groups in total. The predicted molar refractivity (Wildman–Crippen MR) is 111 cm³/mol. The van der Waals surface area contributed by atoms with Gasteiger partial charge in [-0.15, -0.1) is 0 Å². The van der Waals surface area contributed by atoms with Gasteiger partial charge in [-0.2, -0.15) is 8.78 Å². The topological polar surface area (TPSA) is 26.3 Å². The monoisotopic (exact) mass is 428 g/mol. The lowest BCUT2D eigenvalue weighted by molar-refractivity contribution is -0.189. The van der Waals surface area contributed by atoms with Crippen molar-refractivity contribution < 1.29 is 27.1 Å². The molecule has 0 unspecified atom stereocenters. The standard InChI is InChI=1S/C25H20F4O2/c1-3-5-16-6-8-17(9-7-16)19-14-21(26)24(22(27)15-19)25(28,29)31-20-12-10-18(11-13-20)23(30)4-2/h4,6-15H,2-3,5H2,1H3. The van der Waals surface area contributed by atoms with Gasteiger partial charge in [0.1, 0.15) is 22.9 Å². The number of rotatable bonds is 8. The first kappa shape index (κ1) is 22.3. The lowest BCUT2D eigenvalue weighted by Gasteiger charge is -2.20. The molecule has 3 rings (SSSR count). The summed E-state index contributed by atoms with van der Waals surface area (Å²) in [6.07, 6.45) is -1.36. The Morgan fingerprint density at radius 2 is 1.55 bits per heavy atom. The van der Waals surface area contributed by atoms with E-state index in [1.54, 1.807) is 12.1 Å². The van der Waals surface area contributed by atoms with Gasteiger partial charge in [-0.05, 0) is 65.6 Å². The number of aryl methyl sites for hydroxylation is 1. The van der Waals surface area contributed by atoms with Crippen LogP contribution in [0.25, 0.3) is 11.1 Å². The first-order valence-electron chi connectivity index (χ1n) is 9.67. The van der Waals surface area contributed by atoms with E-state index < -0.39 is 29.1 Å². The molecule has 3 aromatic carbocycles. The molecule has 0 saturated heterocycles. The van der Waals surface area contributed by atoms with Crippen LogP contribution in [0, 0.1) is 11.6 Å². The Morgan fingerprint density at radius 1 is 0.968 bits per heavy atom. The molecular weight excluding hydrogens is 408 g/mol. The fourth-order valence-corrected chi connectivity index (χ4v) is 3.17. The normalized spacial score (nSPS) is 11.3. The van der Waals surface area contributed by atoms with Crippen molar-refractivity contribution in [2.45, 2.75) is 25.9 Å². The SMILES string of the molecule is C=CC(=O)c1ccc(OC(F)(F)c2c(F)cc(-c3ccc(CCC)cc3)cc2F)cc1. The fraction of sp³-hybridized carbons (Fsp3) is 0.160. The third-order valence-electron chi connectivity index (χ3n) is 4.73. The molecule has 0 fully saturated rings. The van der Waals surface area contributed by atoms with Crippen molar-refractivity contribution in [2.75, 3.05) is 0 Å². The van der Waals surface area contributed by atoms with Gasteiger partial charge in [-0.1, -0.05) is 44.2 Å². The zero-order valence-electron chi connectivity index (χ0n) is 16.8. The highest BCUT2D eigenvalue weighted by molar-refractivity contribution is 6.04. The van der Waals surface area contributed by atoms with Crippen LogP contribution in [0.4, 0.5) is 17.6 Å². The van der Waals surface area contributed by atoms with Crippen LogP contribution < -0.4 is 4.74 Å². The van der Waals surface area contributed by atoms with Crippen LogP contribution in [0.1, 0.15) is 34.8 Å². The van der Waals surface area contributed by atoms with E-state index >= 15 is 0 Å². The average molecular weight is 428 g/mol. The second-order valence-electron chi connectivity index (χ2n) is 6.97. The molecule has 0 aliphatic rings. The molecule has 0 heterocycles. The molecule has 0 spiro atoms. The maximum Gasteiger partial charge on any atom is 0.432 e. The van der Waals surface area contributed by atoms with E-state index in [4.69, 9.17) is 0 Å². The van der Waals surface area contributed by atoms with Gasteiger partial charge >= 0.3 is 6.11 Å². The highest BCUT2D eigenvalue weighted by Gasteiger charge is 2.41. The molecule has 3 aromatic rings. The second kappa shape index (κ2) is 9.16. The lowest BCUT2D eigenvalue weighted by atomic mass is 10.00. The number of hydrogen-bond acceptors (Lipinski definition) is 2. The van der Waals surface area contributed by atoms with Crippen molar-refractivity contribution in [3.8, 4) is 16.9 Å². The third-order valence-corrected chi connectivity index (χ3v) is 4.73. The number of allylic oxidation sites excluding steroid dienone is 1. The summed E-state index contributed by atoms with van der Waals surface area (Å²) in [6.45, 7) is 5.37. The minimum atomic E-state index is -4.26. The molecule has 0 radical (unpaired) electrons. The third kappa shape index (κ3) is 5.02. The van der Waals surface area contributed by atoms with Crippen molar-refractivity contribution in [2.24, 2.45) is 0 Å². The lowest BCUT2D eigenvalue weighted by Crippen LogP contribution is -2.25. The van der Waals surface area contributed by atoms with Crippen molar-refractivity contribution in [3.05, 3.63) is 102 Å². The number of halogens is 4. The minimum Gasteiger partial charge on any atom is -0.429 e. The Kier molecular flexibility index (Phi) is 6.59. The summed E-state index contributed by atoms with van der Waals surface area (Å²) in [5.41, 5.74) is 0.466. The molecule has 31 heavy (non-hydrogen) atoms. The number of carbonyl (C=O) groups is 1. The Bertz CT molecular complexity index is 1060. The van der Waals surface area contributed by atoms with E-state index in [0.717, 1.165) is 48.7 Å². The molecule has 0 aromatic heterocycles. The molecule has 0 aliphatic heterocycles. The Morgan fingerprint density at radius 3 is 2.06 bits per heavy atom. The van der Waals surface area contributed by atoms with Crippen molar-refractivity contribution in [1.29, 1.82) is 0 Å². The second-order valence-corrected chi connectivity index (χ2v) is 6.97. The number of alkyl halides is 2. The quantitative estimate of drug-likeness (QED) is 0.218. The van der Waals surface area contributed by atoms with Crippen LogP contribution in [-0.4, -0.2) is 5.78 Å². The molecule has 0 saturated carbocycles. The summed E-state index contributed by atoms with van der Waals surface area (Å²) in [4.78, 5) is 11.5. The highest BCUT2D eigenvalue weighted by atomic mass is 19.3. The molecule has 0 atom stereocenters. The van der Waals surface area contributed by atoms with Crippen LogP contribution in [-0.2, 0) is 12.5 Å². The van der Waals surface area contributed by atoms with Crippen LogP contribution >= 0.6 is 0 Å². The van der Waals surface area contributed by atoms with Gasteiger partial charge < -0.3 is 4.74 Å². The van der Waals surface area contributed by atoms with E-state index in [-0.39, 0.29) is 16.9 Å². The van der Waals surface area contributed by atoms with Crippen LogP contribution in [0.15, 0.2) is 73.3 Å². The fourth-order valence-electron chi connectivity index (χ4n) is 3.17. The van der Waals surface area contributed by atoms with Gasteiger partial charge in [0, 0.05) is 5.56 Å². The number of carbonyl (C=O) groups excluding carboxylic acids is 1. The predicted octanol–water partition coefficient (Wildman–Crippen LogP) is 7.08. The highest BCUT2D eigenvalue weighted by Crippen LogP contribution is 2.37. The van der Waals surface area contributed by atoms with Crippen LogP contribution in [0.2, 0.25) is 0 Å². The van der Waals surface area contributed by atoms with Crippen molar-refractivity contribution in [3.63, 3.8) is 0 Å². The minimum absolute atomic E-state index is 0.143. The Hall–Kier alpha value is -3.41. The van der Waals surface area contributed by atoms with Gasteiger partial charge in [0.15, 0.2) is 5.78 Å². The molecule has 0 bridgehead atoms. The Balaban J connectivity index is 1.87. The summed E-state index contributed by atoms with van der Waals surface area (Å²) in [5, 5.41) is 0. The van der Waals surface area contributed by atoms with Gasteiger partial charge in [0.05, 0.1) is 0 Å². The Labute approximate surface area is 177 Å². The number of hydrogen-bond donors (Lipinski definition) is 0. The molecule has 6 heteroatoms. The van der Waals surface area contributed by atoms with Gasteiger partial charge in [-0.25, -0.2) is 8.78 Å². The first-order chi connectivity index (χ1) is 14.7. The van der Waals surface area contributed by atoms with Crippen molar-refractivity contribution in [1.82, 2.24) is 0 Å². The van der Waals surface area contributed by atoms with Gasteiger partial charge in [-0.3, -0.25) is 4.79 Å². The first-order valence-corrected chi connectivity index (χ1v) is 9.67. The molecular formula is C25H20F4O2. The molecule has 0 amide bonds. The number of ketones is 1. The zero-order chi connectivity index (χ0) is 22.6. The van der Waals surface area contributed by atoms with E-state index in [1.807, 2.05) is 19.1 Å². The van der Waals surface area contributed by atoms with Crippen LogP contribution in [0.5, 0.6) is 5.75 Å². The van der Waals surface area contributed by atoms with Gasteiger partial charge in [0.2, 0.25) is 0 Å². The van der Waals surface area contributed by atoms with E-state index in [1.165, 1.54) is 12.1 Å². The van der Waals surface area contributed by atoms with E-state index in [9.17, 15) is 22.4 Å². The molecule has 160 valence electrons. The molecule has 2 nitrogen and oxygen atoms in total. The summed E-state index contributed by atoms with van der Waals surface area (Å²) >= 11 is 0. The number of ether oxygens (including phenoxy) is 1. The largest absolute Gasteiger partial charge is 0.432 e. The average Bonchev–Trinajstić information content (AvgIpc) is 2.73. The molecule has 0 aliphatic carbocycles. The zero-order valence-corrected chi connectivity index (χ0v) is 16.8. The smallest absolute Gasteiger partial charge is 0.429 e. The van der Waals surface area contributed by atoms with Crippen molar-refractivity contribution >= 4 is 5.78 Å². The van der Waals surface area contributed by atoms with Gasteiger partial charge in [0.25, 0.3) is 0 Å².